The zero-order chi connectivity index (χ0) is 23.9. The van der Waals surface area contributed by atoms with Gasteiger partial charge in [0.05, 0.1) is 0 Å². The van der Waals surface area contributed by atoms with E-state index in [0.717, 1.165) is 61.3 Å². The van der Waals surface area contributed by atoms with Crippen LogP contribution in [0, 0.1) is 10.7 Å². The highest BCUT2D eigenvalue weighted by Crippen LogP contribution is 2.34. The van der Waals surface area contributed by atoms with Gasteiger partial charge in [0.1, 0.15) is 23.9 Å². The van der Waals surface area contributed by atoms with Crippen LogP contribution in [-0.4, -0.2) is 70.8 Å². The van der Waals surface area contributed by atoms with Crippen molar-refractivity contribution >= 4 is 16.5 Å². The maximum atomic E-state index is 13.1. The number of hydrogen-bond donors (Lipinski definition) is 2. The molecule has 0 spiro atoms. The van der Waals surface area contributed by atoms with E-state index in [1.165, 1.54) is 4.68 Å². The van der Waals surface area contributed by atoms with Crippen LogP contribution >= 0.6 is 0 Å². The minimum Gasteiger partial charge on any atom is -0.486 e. The van der Waals surface area contributed by atoms with Gasteiger partial charge < -0.3 is 19.6 Å². The van der Waals surface area contributed by atoms with E-state index in [0.29, 0.717) is 30.5 Å². The van der Waals surface area contributed by atoms with E-state index in [9.17, 15) is 14.8 Å². The van der Waals surface area contributed by atoms with Gasteiger partial charge in [-0.25, -0.2) is 9.78 Å². The maximum absolute atomic E-state index is 13.1. The highest BCUT2D eigenvalue weighted by atomic mass is 16.6. The Hall–Kier alpha value is -3.92. The van der Waals surface area contributed by atoms with Crippen LogP contribution in [-0.2, 0) is 6.54 Å². The number of aromatic nitrogens is 3. The Morgan fingerprint density at radius 3 is 2.34 bits per heavy atom. The third-order valence-corrected chi connectivity index (χ3v) is 6.90. The second-order valence-electron chi connectivity index (χ2n) is 8.96. The predicted molar refractivity (Wildman–Crippen MR) is 130 cm³/mol. The van der Waals surface area contributed by atoms with Crippen LogP contribution < -0.4 is 25.2 Å². The Kier molecular flexibility index (Phi) is 5.37. The fourth-order valence-corrected chi connectivity index (χ4v) is 5.08. The molecule has 6 rings (SSSR count). The molecule has 0 bridgehead atoms. The van der Waals surface area contributed by atoms with Gasteiger partial charge in [-0.05, 0) is 18.6 Å². The first-order valence-electron chi connectivity index (χ1n) is 11.9. The summed E-state index contributed by atoms with van der Waals surface area (Å²) in [5.41, 5.74) is 0.590. The number of aromatic amines is 1. The third kappa shape index (κ3) is 3.79. The Morgan fingerprint density at radius 1 is 0.857 bits per heavy atom. The summed E-state index contributed by atoms with van der Waals surface area (Å²) in [7, 11) is 0. The average molecular weight is 478 g/mol. The van der Waals surface area contributed by atoms with Crippen molar-refractivity contribution in [3.63, 3.8) is 0 Å². The van der Waals surface area contributed by atoms with Gasteiger partial charge >= 0.3 is 0 Å². The number of piperazine rings is 1. The fraction of sp³-hybridized carbons (Fsp3) is 0.360. The first kappa shape index (κ1) is 21.6. The molecule has 0 atom stereocenters. The summed E-state index contributed by atoms with van der Waals surface area (Å²) < 4.78 is 12.8. The van der Waals surface area contributed by atoms with Gasteiger partial charge in [-0.15, -0.1) is 0 Å². The van der Waals surface area contributed by atoms with E-state index in [1.54, 1.807) is 24.3 Å². The van der Waals surface area contributed by atoms with E-state index in [-0.39, 0.29) is 21.6 Å². The standard InChI is InChI=1S/C25H27N5O5/c31-24-18-4-1-2-5-19(18)25(32)23-22(24)26-30(33)29(23)9-3-8-27-10-12-28(13-11-27)17-6-7-20-21(16-17)35-15-14-34-20/h1-2,4-7,16,26,33H,3,8-15H2. The van der Waals surface area contributed by atoms with Crippen molar-refractivity contribution < 1.29 is 14.7 Å². The number of H-pyrrole nitrogens is 1. The van der Waals surface area contributed by atoms with Crippen LogP contribution in [0.5, 0.6) is 11.5 Å². The number of fused-ring (bicyclic) bond motifs is 2. The van der Waals surface area contributed by atoms with Crippen molar-refractivity contribution in [2.75, 3.05) is 50.8 Å². The molecule has 0 unspecified atom stereocenters. The van der Waals surface area contributed by atoms with E-state index >= 15 is 0 Å². The molecular formula is C25H27N5O5. The first-order valence-corrected chi connectivity index (χ1v) is 11.9. The molecule has 4 aliphatic rings. The van der Waals surface area contributed by atoms with Gasteiger partial charge in [0.15, 0.2) is 11.5 Å². The number of nitrogens with zero attached hydrogens (tertiary/aromatic N) is 4. The minimum atomic E-state index is -0.285. The molecule has 1 aliphatic carbocycles. The van der Waals surface area contributed by atoms with Gasteiger partial charge in [0.2, 0.25) is 10.9 Å². The highest BCUT2D eigenvalue weighted by molar-refractivity contribution is 5.81. The molecule has 2 N–H and O–H groups in total. The molecule has 3 heterocycles. The molecule has 1 fully saturated rings. The van der Waals surface area contributed by atoms with Gasteiger partial charge in [0, 0.05) is 61.8 Å². The molecule has 0 amide bonds. The second kappa shape index (κ2) is 8.70. The predicted octanol–water partition coefficient (Wildman–Crippen LogP) is 1.44. The van der Waals surface area contributed by atoms with Crippen molar-refractivity contribution in [1.82, 2.24) is 19.6 Å². The molecule has 3 aliphatic heterocycles. The van der Waals surface area contributed by atoms with Crippen molar-refractivity contribution in [3.05, 3.63) is 73.6 Å². The van der Waals surface area contributed by atoms with Gasteiger partial charge in [-0.3, -0.25) is 14.5 Å². The Morgan fingerprint density at radius 2 is 1.57 bits per heavy atom. The maximum Gasteiger partial charge on any atom is 0.214 e. The molecule has 182 valence electrons. The summed E-state index contributed by atoms with van der Waals surface area (Å²) in [6, 6.07) is 12.8. The van der Waals surface area contributed by atoms with Crippen LogP contribution in [0.25, 0.3) is 10.8 Å². The molecule has 0 radical (unpaired) electrons. The third-order valence-electron chi connectivity index (χ3n) is 6.90. The summed E-state index contributed by atoms with van der Waals surface area (Å²) >= 11 is 0. The fourth-order valence-electron chi connectivity index (χ4n) is 5.08. The first-order chi connectivity index (χ1) is 17.1. The normalized spacial score (nSPS) is 16.3. The van der Waals surface area contributed by atoms with E-state index < -0.39 is 0 Å². The van der Waals surface area contributed by atoms with Crippen molar-refractivity contribution in [2.24, 2.45) is 0 Å². The van der Waals surface area contributed by atoms with E-state index in [2.05, 4.69) is 21.0 Å². The van der Waals surface area contributed by atoms with E-state index in [1.807, 2.05) is 12.1 Å². The summed E-state index contributed by atoms with van der Waals surface area (Å²) in [6.07, 6.45) is 0.725. The SMILES string of the molecule is O=c1c2[nH]n(O)n(CCCN3CCN(c4ccc5c(c4)OCCO5)CC3)c=2c(=O)c2ccccc12. The molecule has 2 aromatic carbocycles. The summed E-state index contributed by atoms with van der Waals surface area (Å²) in [5, 5.41) is 14.1. The van der Waals surface area contributed by atoms with E-state index in [4.69, 9.17) is 9.47 Å². The van der Waals surface area contributed by atoms with Crippen LogP contribution in [0.1, 0.15) is 6.42 Å². The topological polar surface area (TPSA) is 105 Å². The molecule has 2 aromatic rings. The molecule has 10 nitrogen and oxygen atoms in total. The zero-order valence-electron chi connectivity index (χ0n) is 19.3. The van der Waals surface area contributed by atoms with Gasteiger partial charge in [-0.2, -0.15) is 0 Å². The van der Waals surface area contributed by atoms with Crippen molar-refractivity contribution in [2.45, 2.75) is 13.0 Å². The molecule has 0 aromatic heterocycles. The zero-order valence-corrected chi connectivity index (χ0v) is 19.3. The second-order valence-corrected chi connectivity index (χ2v) is 8.96. The highest BCUT2D eigenvalue weighted by Gasteiger charge is 2.20. The quantitative estimate of drug-likeness (QED) is 0.419. The Balaban J connectivity index is 1.12. The molecule has 1 saturated heterocycles. The number of rotatable bonds is 5. The van der Waals surface area contributed by atoms with Crippen LogP contribution in [0.2, 0.25) is 0 Å². The Labute approximate surface area is 200 Å². The van der Waals surface area contributed by atoms with Gasteiger partial charge in [0.25, 0.3) is 0 Å². The minimum absolute atomic E-state index is 0.129. The monoisotopic (exact) mass is 477 g/mol. The lowest BCUT2D eigenvalue weighted by atomic mass is 10.1. The molecule has 10 heteroatoms. The van der Waals surface area contributed by atoms with Crippen LogP contribution in [0.4, 0.5) is 5.69 Å². The number of anilines is 1. The molecular weight excluding hydrogens is 450 g/mol. The summed E-state index contributed by atoms with van der Waals surface area (Å²) in [6.45, 7) is 6.01. The average Bonchev–Trinajstić information content (AvgIpc) is 3.24. The lowest BCUT2D eigenvalue weighted by molar-refractivity contribution is 0.0675. The Bertz CT molecular complexity index is 1560. The number of benzene rings is 2. The van der Waals surface area contributed by atoms with Crippen molar-refractivity contribution in [1.29, 1.82) is 0 Å². The molecule has 35 heavy (non-hydrogen) atoms. The lowest BCUT2D eigenvalue weighted by Crippen LogP contribution is -2.46. The lowest BCUT2D eigenvalue weighted by Gasteiger charge is -2.36. The summed E-state index contributed by atoms with van der Waals surface area (Å²) in [4.78, 5) is 31.4. The summed E-state index contributed by atoms with van der Waals surface area (Å²) in [5.74, 6) is 1.60. The largest absolute Gasteiger partial charge is 0.486 e. The molecule has 0 saturated carbocycles. The number of hydrogen-bond acceptors (Lipinski definition) is 7. The smallest absolute Gasteiger partial charge is 0.214 e. The van der Waals surface area contributed by atoms with Crippen LogP contribution in [0.3, 0.4) is 0 Å². The number of nitrogens with one attached hydrogen (secondary N) is 1. The van der Waals surface area contributed by atoms with Crippen molar-refractivity contribution in [3.8, 4) is 11.5 Å². The van der Waals surface area contributed by atoms with Gasteiger partial charge in [-0.1, -0.05) is 29.2 Å². The van der Waals surface area contributed by atoms with Crippen LogP contribution in [0.15, 0.2) is 52.1 Å². The number of ether oxygens (including phenoxy) is 2.